The monoisotopic (exact) mass is 795 g/mol. The molecule has 0 spiro atoms. The first-order chi connectivity index (χ1) is 21.8. The van der Waals surface area contributed by atoms with Crippen LogP contribution in [-0.2, 0) is 26.5 Å². The Kier molecular flexibility index (Phi) is 10.5. The van der Waals surface area contributed by atoms with E-state index in [4.69, 9.17) is 9.40 Å². The van der Waals surface area contributed by atoms with Crippen LogP contribution in [0.5, 0.6) is 0 Å². The Balaban J connectivity index is 0.000000269. The van der Waals surface area contributed by atoms with E-state index < -0.39 is 8.07 Å². The summed E-state index contributed by atoms with van der Waals surface area (Å²) in [7, 11) is -1.85. The number of hydrogen-bond donors (Lipinski definition) is 0. The fourth-order valence-corrected chi connectivity index (χ4v) is 8.58. The minimum atomic E-state index is -1.85. The molecule has 0 bridgehead atoms. The van der Waals surface area contributed by atoms with Crippen LogP contribution in [-0.4, -0.2) is 18.0 Å². The first-order valence-electron chi connectivity index (χ1n) is 15.6. The van der Waals surface area contributed by atoms with Crippen molar-refractivity contribution >= 4 is 40.4 Å². The number of rotatable bonds is 6. The van der Waals surface area contributed by atoms with Crippen molar-refractivity contribution in [2.45, 2.75) is 40.3 Å². The zero-order chi connectivity index (χ0) is 31.4. The average Bonchev–Trinajstić information content (AvgIpc) is 3.42. The van der Waals surface area contributed by atoms with Crippen LogP contribution in [0.25, 0.3) is 44.5 Å². The van der Waals surface area contributed by atoms with Gasteiger partial charge in [-0.1, -0.05) is 104 Å². The maximum Gasteiger partial charge on any atom is 0.121 e. The quantitative estimate of drug-likeness (QED) is 0.125. The van der Waals surface area contributed by atoms with Gasteiger partial charge in [0.1, 0.15) is 13.7 Å². The minimum Gasteiger partial charge on any atom is -0.500 e. The molecule has 0 amide bonds. The summed E-state index contributed by atoms with van der Waals surface area (Å²) in [4.78, 5) is 9.18. The van der Waals surface area contributed by atoms with Crippen LogP contribution in [0.2, 0.25) is 13.1 Å². The molecule has 3 aromatic heterocycles. The molecule has 4 aromatic carbocycles. The van der Waals surface area contributed by atoms with Gasteiger partial charge in [-0.2, -0.15) is 0 Å². The molecule has 0 fully saturated rings. The largest absolute Gasteiger partial charge is 0.500 e. The number of hydrogen-bond acceptors (Lipinski definition) is 3. The third-order valence-electron chi connectivity index (χ3n) is 8.27. The maximum absolute atomic E-state index is 6.07. The summed E-state index contributed by atoms with van der Waals surface area (Å²) >= 11 is 0. The average molecular weight is 795 g/mol. The van der Waals surface area contributed by atoms with E-state index in [0.717, 1.165) is 50.9 Å². The predicted molar refractivity (Wildman–Crippen MR) is 191 cm³/mol. The number of nitrogens with zero attached hydrogens (tertiary/aromatic N) is 2. The van der Waals surface area contributed by atoms with E-state index in [9.17, 15) is 0 Å². The smallest absolute Gasteiger partial charge is 0.121 e. The van der Waals surface area contributed by atoms with Gasteiger partial charge in [-0.15, -0.1) is 59.7 Å². The van der Waals surface area contributed by atoms with Crippen molar-refractivity contribution in [2.24, 2.45) is 5.92 Å². The van der Waals surface area contributed by atoms with Crippen LogP contribution in [0.4, 0.5) is 0 Å². The first kappa shape index (κ1) is 33.2. The number of benzene rings is 4. The molecule has 1 radical (unpaired) electrons. The molecule has 0 N–H and O–H groups in total. The van der Waals surface area contributed by atoms with Crippen molar-refractivity contribution in [3.05, 3.63) is 145 Å². The molecular weight excluding hydrogens is 757 g/mol. The summed E-state index contributed by atoms with van der Waals surface area (Å²) in [5, 5.41) is 5.13. The fraction of sp³-hybridized carbons (Fsp3) is 0.171. The molecular formula is C41H38IrN2OSi-2. The predicted octanol–water partition coefficient (Wildman–Crippen LogP) is 9.32. The molecule has 0 saturated carbocycles. The van der Waals surface area contributed by atoms with Gasteiger partial charge in [0.05, 0.1) is 5.58 Å². The van der Waals surface area contributed by atoms with Gasteiger partial charge < -0.3 is 14.4 Å². The normalized spacial score (nSPS) is 11.3. The molecule has 0 atom stereocenters. The summed E-state index contributed by atoms with van der Waals surface area (Å²) in [6.07, 6.45) is 4.97. The Morgan fingerprint density at radius 3 is 2.24 bits per heavy atom. The standard InChI is InChI=1S/C30H30NOSi.C11H8N.Ir/c1-20(2)15-23-18-27(31-19-30(23)33(4,5)24-9-7-6-8-10-24)22-12-14-28-26(17-22)25-13-11-21(3)16-29(25)32-28;1-2-6-10(7-3-1)11-8-4-5-9-12-11;/h6-11,13-14,16-20H,15H2,1-5H3;1-6,8-9H;/q2*-1;. The second-order valence-corrected chi connectivity index (χ2v) is 16.9. The Morgan fingerprint density at radius 1 is 0.739 bits per heavy atom. The van der Waals surface area contributed by atoms with Gasteiger partial charge in [0.15, 0.2) is 0 Å². The van der Waals surface area contributed by atoms with Crippen molar-refractivity contribution in [3.63, 3.8) is 0 Å². The third kappa shape index (κ3) is 7.29. The second kappa shape index (κ2) is 14.5. The van der Waals surface area contributed by atoms with E-state index in [2.05, 4.69) is 118 Å². The van der Waals surface area contributed by atoms with Gasteiger partial charge in [0.2, 0.25) is 0 Å². The molecule has 0 saturated heterocycles. The Hall–Kier alpha value is -4.15. The van der Waals surface area contributed by atoms with Crippen LogP contribution >= 0.6 is 0 Å². The summed E-state index contributed by atoms with van der Waals surface area (Å²) in [6, 6.07) is 44.0. The molecule has 5 heteroatoms. The van der Waals surface area contributed by atoms with Crippen LogP contribution in [0, 0.1) is 25.0 Å². The number of aryl methyl sites for hydroxylation is 1. The van der Waals surface area contributed by atoms with Crippen LogP contribution < -0.4 is 10.4 Å². The van der Waals surface area contributed by atoms with Crippen molar-refractivity contribution < 1.29 is 24.5 Å². The SMILES string of the molecule is Cc1ccc2c(c1)oc1c[c-]c(-c3cc(CC(C)C)c([Si](C)(C)c4ccccc4)cn3)cc12.[Ir].[c-]1ccccc1-c1ccccn1. The van der Waals surface area contributed by atoms with Gasteiger partial charge in [-0.05, 0) is 53.5 Å². The topological polar surface area (TPSA) is 38.9 Å². The van der Waals surface area contributed by atoms with Crippen molar-refractivity contribution in [1.29, 1.82) is 0 Å². The number of pyridine rings is 2. The minimum absolute atomic E-state index is 0. The maximum atomic E-state index is 6.07. The van der Waals surface area contributed by atoms with Crippen LogP contribution in [0.1, 0.15) is 25.0 Å². The first-order valence-corrected chi connectivity index (χ1v) is 18.6. The van der Waals surface area contributed by atoms with E-state index in [-0.39, 0.29) is 20.1 Å². The number of fused-ring (bicyclic) bond motifs is 3. The van der Waals surface area contributed by atoms with E-state index in [1.165, 1.54) is 21.5 Å². The van der Waals surface area contributed by atoms with Gasteiger partial charge in [-0.3, -0.25) is 0 Å². The van der Waals surface area contributed by atoms with Crippen molar-refractivity contribution in [1.82, 2.24) is 9.97 Å². The molecule has 0 unspecified atom stereocenters. The van der Waals surface area contributed by atoms with E-state index in [1.54, 1.807) is 6.20 Å². The molecule has 46 heavy (non-hydrogen) atoms. The molecule has 3 nitrogen and oxygen atoms in total. The van der Waals surface area contributed by atoms with E-state index in [0.29, 0.717) is 5.92 Å². The zero-order valence-electron chi connectivity index (χ0n) is 27.0. The molecule has 3 heterocycles. The third-order valence-corrected chi connectivity index (χ3v) is 11.8. The summed E-state index contributed by atoms with van der Waals surface area (Å²) < 4.78 is 6.07. The Bertz CT molecular complexity index is 2000. The molecule has 0 aliphatic carbocycles. The van der Waals surface area contributed by atoms with Gasteiger partial charge in [0.25, 0.3) is 0 Å². The fourth-order valence-electron chi connectivity index (χ4n) is 5.88. The summed E-state index contributed by atoms with van der Waals surface area (Å²) in [6.45, 7) is 11.5. The van der Waals surface area contributed by atoms with Crippen molar-refractivity contribution in [3.8, 4) is 22.5 Å². The van der Waals surface area contributed by atoms with Gasteiger partial charge in [-0.25, -0.2) is 0 Å². The zero-order valence-corrected chi connectivity index (χ0v) is 30.4. The molecule has 233 valence electrons. The number of furan rings is 1. The summed E-state index contributed by atoms with van der Waals surface area (Å²) in [5.41, 5.74) is 8.42. The van der Waals surface area contributed by atoms with Gasteiger partial charge in [0, 0.05) is 37.9 Å². The number of aromatic nitrogens is 2. The summed E-state index contributed by atoms with van der Waals surface area (Å²) in [5.74, 6) is 0.576. The van der Waals surface area contributed by atoms with E-state index in [1.807, 2.05) is 48.5 Å². The Morgan fingerprint density at radius 2 is 1.52 bits per heavy atom. The van der Waals surface area contributed by atoms with Gasteiger partial charge >= 0.3 is 0 Å². The second-order valence-electron chi connectivity index (χ2n) is 12.5. The molecule has 0 aliphatic heterocycles. The van der Waals surface area contributed by atoms with Crippen LogP contribution in [0.3, 0.4) is 0 Å². The van der Waals surface area contributed by atoms with E-state index >= 15 is 0 Å². The molecule has 0 aliphatic rings. The van der Waals surface area contributed by atoms with Crippen molar-refractivity contribution in [2.75, 3.05) is 0 Å². The van der Waals surface area contributed by atoms with Crippen LogP contribution in [0.15, 0.2) is 126 Å². The molecule has 7 aromatic rings. The Labute approximate surface area is 287 Å². The molecule has 7 rings (SSSR count).